The van der Waals surface area contributed by atoms with Gasteiger partial charge in [0.2, 0.25) is 5.95 Å². The third-order valence-corrected chi connectivity index (χ3v) is 6.61. The molecule has 2 aromatic heterocycles. The van der Waals surface area contributed by atoms with E-state index in [0.717, 1.165) is 54.3 Å². The number of anilines is 2. The van der Waals surface area contributed by atoms with Gasteiger partial charge in [-0.25, -0.2) is 9.67 Å². The van der Waals surface area contributed by atoms with Gasteiger partial charge in [-0.05, 0) is 58.9 Å². The van der Waals surface area contributed by atoms with Crippen molar-refractivity contribution in [3.05, 3.63) is 54.6 Å². The quantitative estimate of drug-likeness (QED) is 0.418. The van der Waals surface area contributed by atoms with E-state index >= 15 is 0 Å². The number of nitrogens with zero attached hydrogens (tertiary/aromatic N) is 6. The summed E-state index contributed by atoms with van der Waals surface area (Å²) in [4.78, 5) is 14.7. The standard InChI is InChI=1S/C28H35N7O/c1-19(2)33-14-16-34(17-15-33)27-30-24(23-25(29)35(28(3,4)5)32-26(23)31-27)20-10-9-13-22(18-20)36-21-11-7-6-8-12-21/h6-13,18-19H,14-17,29H2,1-5H3. The van der Waals surface area contributed by atoms with Crippen LogP contribution in [0.15, 0.2) is 54.6 Å². The van der Waals surface area contributed by atoms with E-state index in [1.54, 1.807) is 0 Å². The molecule has 2 aromatic carbocycles. The minimum Gasteiger partial charge on any atom is -0.457 e. The molecule has 0 radical (unpaired) electrons. The Kier molecular flexibility index (Phi) is 6.30. The molecule has 1 fully saturated rings. The summed E-state index contributed by atoms with van der Waals surface area (Å²) >= 11 is 0. The van der Waals surface area contributed by atoms with Crippen molar-refractivity contribution in [2.75, 3.05) is 36.8 Å². The molecule has 0 bridgehead atoms. The summed E-state index contributed by atoms with van der Waals surface area (Å²) in [6.45, 7) is 14.4. The molecule has 188 valence electrons. The number of hydrogen-bond donors (Lipinski definition) is 1. The number of ether oxygens (including phenoxy) is 1. The highest BCUT2D eigenvalue weighted by molar-refractivity contribution is 5.99. The predicted octanol–water partition coefficient (Wildman–Crippen LogP) is 5.15. The van der Waals surface area contributed by atoms with Gasteiger partial charge in [0, 0.05) is 37.8 Å². The van der Waals surface area contributed by atoms with Gasteiger partial charge in [0.15, 0.2) is 5.65 Å². The number of benzene rings is 2. The van der Waals surface area contributed by atoms with Crippen LogP contribution in [0.4, 0.5) is 11.8 Å². The van der Waals surface area contributed by atoms with E-state index in [1.165, 1.54) is 0 Å². The summed E-state index contributed by atoms with van der Waals surface area (Å²) < 4.78 is 7.96. The van der Waals surface area contributed by atoms with Crippen LogP contribution in [0.25, 0.3) is 22.3 Å². The summed E-state index contributed by atoms with van der Waals surface area (Å²) in [6, 6.07) is 18.3. The van der Waals surface area contributed by atoms with Crippen molar-refractivity contribution < 1.29 is 4.74 Å². The van der Waals surface area contributed by atoms with Crippen LogP contribution < -0.4 is 15.4 Å². The van der Waals surface area contributed by atoms with Crippen LogP contribution >= 0.6 is 0 Å². The van der Waals surface area contributed by atoms with Crippen LogP contribution in [-0.4, -0.2) is 56.9 Å². The third-order valence-electron chi connectivity index (χ3n) is 6.61. The maximum atomic E-state index is 6.67. The van der Waals surface area contributed by atoms with Crippen LogP contribution in [0.2, 0.25) is 0 Å². The maximum Gasteiger partial charge on any atom is 0.228 e. The molecule has 3 heterocycles. The smallest absolute Gasteiger partial charge is 0.228 e. The monoisotopic (exact) mass is 485 g/mol. The summed E-state index contributed by atoms with van der Waals surface area (Å²) in [6.07, 6.45) is 0. The van der Waals surface area contributed by atoms with Gasteiger partial charge < -0.3 is 15.4 Å². The molecule has 0 spiro atoms. The zero-order chi connectivity index (χ0) is 25.4. The van der Waals surface area contributed by atoms with E-state index in [9.17, 15) is 0 Å². The second-order valence-corrected chi connectivity index (χ2v) is 10.6. The highest BCUT2D eigenvalue weighted by Gasteiger charge is 2.27. The molecule has 1 aliphatic heterocycles. The molecule has 0 aliphatic carbocycles. The summed E-state index contributed by atoms with van der Waals surface area (Å²) in [7, 11) is 0. The van der Waals surface area contributed by atoms with Crippen LogP contribution in [0.1, 0.15) is 34.6 Å². The summed E-state index contributed by atoms with van der Waals surface area (Å²) in [5.41, 5.74) is 8.69. The number of nitrogen functional groups attached to an aromatic ring is 1. The third kappa shape index (κ3) is 4.73. The number of para-hydroxylation sites is 1. The van der Waals surface area contributed by atoms with Gasteiger partial charge in [-0.3, -0.25) is 4.90 Å². The Morgan fingerprint density at radius 1 is 0.889 bits per heavy atom. The number of piperazine rings is 1. The van der Waals surface area contributed by atoms with E-state index in [-0.39, 0.29) is 5.54 Å². The van der Waals surface area contributed by atoms with Gasteiger partial charge in [-0.1, -0.05) is 30.3 Å². The lowest BCUT2D eigenvalue weighted by molar-refractivity contribution is 0.208. The fourth-order valence-electron chi connectivity index (χ4n) is 4.63. The Hall–Kier alpha value is -3.65. The fourth-order valence-corrected chi connectivity index (χ4v) is 4.63. The van der Waals surface area contributed by atoms with Gasteiger partial charge in [0.05, 0.1) is 16.6 Å². The second-order valence-electron chi connectivity index (χ2n) is 10.6. The molecule has 1 saturated heterocycles. The number of fused-ring (bicyclic) bond motifs is 1. The number of nitrogens with two attached hydrogens (primary N) is 1. The number of rotatable bonds is 5. The molecule has 5 rings (SSSR count). The van der Waals surface area contributed by atoms with Crippen LogP contribution in [-0.2, 0) is 5.54 Å². The zero-order valence-electron chi connectivity index (χ0n) is 21.8. The summed E-state index contributed by atoms with van der Waals surface area (Å²) in [5.74, 6) is 2.78. The predicted molar refractivity (Wildman–Crippen MR) is 146 cm³/mol. The average Bonchev–Trinajstić information content (AvgIpc) is 3.21. The van der Waals surface area contributed by atoms with Crippen molar-refractivity contribution in [3.63, 3.8) is 0 Å². The molecule has 36 heavy (non-hydrogen) atoms. The molecule has 2 N–H and O–H groups in total. The van der Waals surface area contributed by atoms with Gasteiger partial charge in [0.1, 0.15) is 17.3 Å². The van der Waals surface area contributed by atoms with Crippen molar-refractivity contribution in [1.29, 1.82) is 0 Å². The zero-order valence-corrected chi connectivity index (χ0v) is 21.8. The molecule has 0 atom stereocenters. The van der Waals surface area contributed by atoms with Crippen LogP contribution in [0, 0.1) is 0 Å². The fraction of sp³-hybridized carbons (Fsp3) is 0.393. The minimum absolute atomic E-state index is 0.288. The first kappa shape index (κ1) is 24.1. The maximum absolute atomic E-state index is 6.67. The molecular weight excluding hydrogens is 450 g/mol. The number of hydrogen-bond acceptors (Lipinski definition) is 7. The molecule has 0 amide bonds. The van der Waals surface area contributed by atoms with Crippen molar-refractivity contribution >= 4 is 22.8 Å². The van der Waals surface area contributed by atoms with E-state index < -0.39 is 0 Å². The molecule has 0 saturated carbocycles. The SMILES string of the molecule is CC(C)N1CCN(c2nc(-c3cccc(Oc4ccccc4)c3)c3c(N)n(C(C)(C)C)nc3n2)CC1. The van der Waals surface area contributed by atoms with Gasteiger partial charge >= 0.3 is 0 Å². The first-order valence-electron chi connectivity index (χ1n) is 12.6. The first-order valence-corrected chi connectivity index (χ1v) is 12.6. The Bertz CT molecular complexity index is 1350. The van der Waals surface area contributed by atoms with Crippen molar-refractivity contribution in [2.24, 2.45) is 0 Å². The first-order chi connectivity index (χ1) is 17.2. The average molecular weight is 486 g/mol. The molecular formula is C28H35N7O. The minimum atomic E-state index is -0.288. The normalized spacial score (nSPS) is 15.1. The van der Waals surface area contributed by atoms with Crippen molar-refractivity contribution in [3.8, 4) is 22.8 Å². The topological polar surface area (TPSA) is 85.3 Å². The van der Waals surface area contributed by atoms with Crippen molar-refractivity contribution in [2.45, 2.75) is 46.2 Å². The Balaban J connectivity index is 1.60. The van der Waals surface area contributed by atoms with E-state index in [0.29, 0.717) is 23.5 Å². The lowest BCUT2D eigenvalue weighted by Crippen LogP contribution is -2.49. The molecule has 4 aromatic rings. The Labute approximate surface area is 212 Å². The highest BCUT2D eigenvalue weighted by atomic mass is 16.5. The lowest BCUT2D eigenvalue weighted by atomic mass is 10.1. The Morgan fingerprint density at radius 2 is 1.58 bits per heavy atom. The molecule has 0 unspecified atom stereocenters. The van der Waals surface area contributed by atoms with Crippen molar-refractivity contribution in [1.82, 2.24) is 24.6 Å². The lowest BCUT2D eigenvalue weighted by Gasteiger charge is -2.36. The molecule has 8 nitrogen and oxygen atoms in total. The second kappa shape index (κ2) is 9.43. The largest absolute Gasteiger partial charge is 0.457 e. The van der Waals surface area contributed by atoms with Gasteiger partial charge in [0.25, 0.3) is 0 Å². The van der Waals surface area contributed by atoms with Gasteiger partial charge in [-0.15, -0.1) is 5.10 Å². The van der Waals surface area contributed by atoms with E-state index in [2.05, 4.69) is 44.4 Å². The van der Waals surface area contributed by atoms with E-state index in [1.807, 2.05) is 59.3 Å². The van der Waals surface area contributed by atoms with E-state index in [4.69, 9.17) is 25.5 Å². The van der Waals surface area contributed by atoms with Gasteiger partial charge in [-0.2, -0.15) is 4.98 Å². The number of aromatic nitrogens is 4. The van der Waals surface area contributed by atoms with Crippen LogP contribution in [0.5, 0.6) is 11.5 Å². The highest BCUT2D eigenvalue weighted by Crippen LogP contribution is 2.36. The Morgan fingerprint density at radius 3 is 2.25 bits per heavy atom. The van der Waals surface area contributed by atoms with Crippen LogP contribution in [0.3, 0.4) is 0 Å². The summed E-state index contributed by atoms with van der Waals surface area (Å²) in [5, 5.41) is 5.60. The molecule has 8 heteroatoms. The molecule has 1 aliphatic rings.